The lowest BCUT2D eigenvalue weighted by molar-refractivity contribution is 0.0600. The van der Waals surface area contributed by atoms with Crippen molar-refractivity contribution in [1.29, 1.82) is 0 Å². The van der Waals surface area contributed by atoms with Crippen LogP contribution in [0.1, 0.15) is 15.9 Å². The van der Waals surface area contributed by atoms with Crippen molar-refractivity contribution in [3.8, 4) is 0 Å². The van der Waals surface area contributed by atoms with Crippen molar-refractivity contribution in [2.75, 3.05) is 24.0 Å². The normalized spacial score (nSPS) is 11.0. The molecule has 3 aromatic rings. The van der Waals surface area contributed by atoms with Crippen LogP contribution in [0.25, 0.3) is 0 Å². The van der Waals surface area contributed by atoms with Crippen molar-refractivity contribution in [2.24, 2.45) is 0 Å². The first kappa shape index (κ1) is 21.5. The van der Waals surface area contributed by atoms with Gasteiger partial charge in [0.2, 0.25) is 9.84 Å². The molecule has 0 radical (unpaired) electrons. The third kappa shape index (κ3) is 5.65. The topological polar surface area (TPSA) is 123 Å². The molecule has 2 heterocycles. The SMILES string of the molecule is COC(=O)c1ccc(Nc2cc(NCc3ccc(Cl)cc3)nc(S(C)(=O)=O)n2)nc1. The third-order valence-corrected chi connectivity index (χ3v) is 4.96. The van der Waals surface area contributed by atoms with E-state index in [9.17, 15) is 13.2 Å². The van der Waals surface area contributed by atoms with Crippen LogP contribution in [0, 0.1) is 0 Å². The number of rotatable bonds is 7. The largest absolute Gasteiger partial charge is 0.465 e. The number of esters is 1. The summed E-state index contributed by atoms with van der Waals surface area (Å²) in [5.41, 5.74) is 1.22. The van der Waals surface area contributed by atoms with E-state index in [2.05, 4.69) is 30.3 Å². The molecule has 0 amide bonds. The first-order valence-electron chi connectivity index (χ1n) is 8.63. The van der Waals surface area contributed by atoms with Crippen LogP contribution in [0.3, 0.4) is 0 Å². The molecule has 2 aromatic heterocycles. The Morgan fingerprint density at radius 2 is 1.77 bits per heavy atom. The van der Waals surface area contributed by atoms with Crippen molar-refractivity contribution in [3.63, 3.8) is 0 Å². The van der Waals surface area contributed by atoms with Crippen molar-refractivity contribution in [3.05, 3.63) is 64.8 Å². The second kappa shape index (κ2) is 9.06. The Hall–Kier alpha value is -3.24. The fourth-order valence-electron chi connectivity index (χ4n) is 2.38. The van der Waals surface area contributed by atoms with Gasteiger partial charge < -0.3 is 15.4 Å². The highest BCUT2D eigenvalue weighted by Gasteiger charge is 2.15. The molecule has 0 atom stereocenters. The number of nitrogens with one attached hydrogen (secondary N) is 2. The summed E-state index contributed by atoms with van der Waals surface area (Å²) in [7, 11) is -2.37. The van der Waals surface area contributed by atoms with E-state index in [1.807, 2.05) is 12.1 Å². The van der Waals surface area contributed by atoms with Crippen LogP contribution in [-0.2, 0) is 21.1 Å². The average Bonchev–Trinajstić information content (AvgIpc) is 2.72. The van der Waals surface area contributed by atoms with Crippen molar-refractivity contribution >= 4 is 44.9 Å². The minimum Gasteiger partial charge on any atom is -0.465 e. The Kier molecular flexibility index (Phi) is 6.48. The minimum atomic E-state index is -3.65. The Balaban J connectivity index is 1.83. The summed E-state index contributed by atoms with van der Waals surface area (Å²) in [6.45, 7) is 0.406. The van der Waals surface area contributed by atoms with E-state index in [0.717, 1.165) is 11.8 Å². The second-order valence-corrected chi connectivity index (χ2v) is 8.57. The molecule has 0 saturated carbocycles. The number of sulfone groups is 1. The fourth-order valence-corrected chi connectivity index (χ4v) is 3.03. The highest BCUT2D eigenvalue weighted by molar-refractivity contribution is 7.90. The van der Waals surface area contributed by atoms with Gasteiger partial charge in [-0.25, -0.2) is 28.2 Å². The van der Waals surface area contributed by atoms with E-state index in [1.165, 1.54) is 19.4 Å². The Bertz CT molecular complexity index is 1150. The molecule has 0 aliphatic rings. The molecule has 1 aromatic carbocycles. The van der Waals surface area contributed by atoms with E-state index in [0.29, 0.717) is 23.2 Å². The van der Waals surface area contributed by atoms with Crippen LogP contribution in [0.5, 0.6) is 0 Å². The number of methoxy groups -OCH3 is 1. The van der Waals surface area contributed by atoms with Crippen LogP contribution in [0.15, 0.2) is 53.8 Å². The monoisotopic (exact) mass is 447 g/mol. The lowest BCUT2D eigenvalue weighted by Crippen LogP contribution is -2.10. The van der Waals surface area contributed by atoms with Crippen LogP contribution in [0.4, 0.5) is 17.5 Å². The molecular weight excluding hydrogens is 430 g/mol. The number of aromatic nitrogens is 3. The number of anilines is 3. The molecule has 3 rings (SSSR count). The zero-order valence-corrected chi connectivity index (χ0v) is 17.7. The maximum atomic E-state index is 12.0. The molecule has 0 aliphatic heterocycles. The number of hydrogen-bond acceptors (Lipinski definition) is 9. The fraction of sp³-hybridized carbons (Fsp3) is 0.158. The zero-order valence-electron chi connectivity index (χ0n) is 16.1. The molecule has 0 unspecified atom stereocenters. The van der Waals surface area contributed by atoms with E-state index in [1.54, 1.807) is 24.3 Å². The summed E-state index contributed by atoms with van der Waals surface area (Å²) in [4.78, 5) is 23.7. The van der Waals surface area contributed by atoms with Gasteiger partial charge in [0.05, 0.1) is 12.7 Å². The molecule has 0 bridgehead atoms. The number of hydrogen-bond donors (Lipinski definition) is 2. The second-order valence-electron chi connectivity index (χ2n) is 6.22. The van der Waals surface area contributed by atoms with Gasteiger partial charge in [-0.3, -0.25) is 0 Å². The molecule has 30 heavy (non-hydrogen) atoms. The summed E-state index contributed by atoms with van der Waals surface area (Å²) in [6.07, 6.45) is 2.37. The van der Waals surface area contributed by atoms with Gasteiger partial charge in [-0.05, 0) is 29.8 Å². The number of ether oxygens (including phenoxy) is 1. The molecule has 0 fully saturated rings. The number of nitrogens with zero attached hydrogens (tertiary/aromatic N) is 3. The standard InChI is InChI=1S/C19H18ClN5O4S/c1-29-18(26)13-5-8-15(22-11-13)23-17-9-16(24-19(25-17)30(2,27)28)21-10-12-3-6-14(20)7-4-12/h3-9,11H,10H2,1-2H3,(H2,21,22,23,24,25). The Morgan fingerprint density at radius 1 is 1.07 bits per heavy atom. The van der Waals surface area contributed by atoms with Gasteiger partial charge in [0, 0.05) is 30.1 Å². The predicted octanol–water partition coefficient (Wildman–Crippen LogP) is 3.07. The molecular formula is C19H18ClN5O4S. The summed E-state index contributed by atoms with van der Waals surface area (Å²) >= 11 is 5.89. The number of benzene rings is 1. The van der Waals surface area contributed by atoms with Crippen LogP contribution in [0.2, 0.25) is 5.02 Å². The van der Waals surface area contributed by atoms with Crippen LogP contribution >= 0.6 is 11.6 Å². The summed E-state index contributed by atoms with van der Waals surface area (Å²) in [5.74, 6) is 0.394. The van der Waals surface area contributed by atoms with Gasteiger partial charge in [-0.1, -0.05) is 23.7 Å². The van der Waals surface area contributed by atoms with Crippen molar-refractivity contribution < 1.29 is 17.9 Å². The van der Waals surface area contributed by atoms with Gasteiger partial charge in [-0.15, -0.1) is 0 Å². The maximum absolute atomic E-state index is 12.0. The quantitative estimate of drug-likeness (QED) is 0.415. The van der Waals surface area contributed by atoms with Crippen molar-refractivity contribution in [2.45, 2.75) is 11.7 Å². The van der Waals surface area contributed by atoms with E-state index >= 15 is 0 Å². The first-order chi connectivity index (χ1) is 14.2. The lowest BCUT2D eigenvalue weighted by atomic mass is 10.2. The molecule has 2 N–H and O–H groups in total. The van der Waals surface area contributed by atoms with Gasteiger partial charge in [0.1, 0.15) is 17.5 Å². The van der Waals surface area contributed by atoms with E-state index in [4.69, 9.17) is 11.6 Å². The van der Waals surface area contributed by atoms with E-state index in [-0.39, 0.29) is 16.5 Å². The smallest absolute Gasteiger partial charge is 0.339 e. The number of carbonyl (C=O) groups excluding carboxylic acids is 1. The molecule has 0 saturated heterocycles. The predicted molar refractivity (Wildman–Crippen MR) is 113 cm³/mol. The van der Waals surface area contributed by atoms with Gasteiger partial charge >= 0.3 is 5.97 Å². The molecule has 156 valence electrons. The molecule has 11 heteroatoms. The zero-order chi connectivity index (χ0) is 21.7. The van der Waals surface area contributed by atoms with Gasteiger partial charge in [0.25, 0.3) is 5.16 Å². The molecule has 0 spiro atoms. The summed E-state index contributed by atoms with van der Waals surface area (Å²) in [6, 6.07) is 11.9. The summed E-state index contributed by atoms with van der Waals surface area (Å²) < 4.78 is 28.6. The van der Waals surface area contributed by atoms with Crippen LogP contribution in [-0.4, -0.2) is 42.7 Å². The average molecular weight is 448 g/mol. The Morgan fingerprint density at radius 3 is 2.37 bits per heavy atom. The van der Waals surface area contributed by atoms with Crippen molar-refractivity contribution in [1.82, 2.24) is 15.0 Å². The third-order valence-electron chi connectivity index (χ3n) is 3.86. The van der Waals surface area contributed by atoms with Gasteiger partial charge in [0.15, 0.2) is 0 Å². The molecule has 0 aliphatic carbocycles. The van der Waals surface area contributed by atoms with E-state index < -0.39 is 15.8 Å². The summed E-state index contributed by atoms with van der Waals surface area (Å²) in [5, 5.41) is 6.27. The maximum Gasteiger partial charge on any atom is 0.339 e. The highest BCUT2D eigenvalue weighted by Crippen LogP contribution is 2.19. The highest BCUT2D eigenvalue weighted by atomic mass is 35.5. The first-order valence-corrected chi connectivity index (χ1v) is 10.9. The number of carbonyl (C=O) groups is 1. The van der Waals surface area contributed by atoms with Crippen LogP contribution < -0.4 is 10.6 Å². The molecule has 9 nitrogen and oxygen atoms in total. The Labute approximate surface area is 178 Å². The number of pyridine rings is 1. The minimum absolute atomic E-state index is 0.224. The number of halogens is 1. The lowest BCUT2D eigenvalue weighted by Gasteiger charge is -2.11. The van der Waals surface area contributed by atoms with Gasteiger partial charge in [-0.2, -0.15) is 0 Å².